The van der Waals surface area contributed by atoms with Gasteiger partial charge in [-0.15, -0.1) is 0 Å². The maximum Gasteiger partial charge on any atom is 0.422 e. The molecule has 0 aromatic carbocycles. The molecule has 152 valence electrons. The first kappa shape index (κ1) is 20.3. The highest BCUT2D eigenvalue weighted by Gasteiger charge is 2.29. The summed E-state index contributed by atoms with van der Waals surface area (Å²) >= 11 is 0. The topological polar surface area (TPSA) is 105 Å². The molecule has 0 fully saturated rings. The van der Waals surface area contributed by atoms with Crippen molar-refractivity contribution < 1.29 is 26.3 Å². The Balaban J connectivity index is 1.78. The van der Waals surface area contributed by atoms with Gasteiger partial charge in [-0.1, -0.05) is 6.07 Å². The lowest BCUT2D eigenvalue weighted by Gasteiger charge is -2.28. The Kier molecular flexibility index (Phi) is 5.44. The molecule has 0 radical (unpaired) electrons. The lowest BCUT2D eigenvalue weighted by atomic mass is 10.1. The minimum absolute atomic E-state index is 0.120. The van der Waals surface area contributed by atoms with Gasteiger partial charge in [-0.25, -0.2) is 18.4 Å². The minimum atomic E-state index is -4.48. The molecule has 0 spiro atoms. The van der Waals surface area contributed by atoms with Crippen molar-refractivity contribution in [3.05, 3.63) is 45.5 Å². The van der Waals surface area contributed by atoms with E-state index in [1.165, 1.54) is 6.20 Å². The molecule has 3 heterocycles. The van der Waals surface area contributed by atoms with Crippen molar-refractivity contribution >= 4 is 9.84 Å². The van der Waals surface area contributed by atoms with Gasteiger partial charge in [0.25, 0.3) is 5.56 Å². The first-order valence-corrected chi connectivity index (χ1v) is 10.1. The molecule has 2 aromatic heterocycles. The summed E-state index contributed by atoms with van der Waals surface area (Å²) in [4.78, 5) is 24.2. The Morgan fingerprint density at radius 3 is 2.79 bits per heavy atom. The van der Waals surface area contributed by atoms with Crippen molar-refractivity contribution in [3.8, 4) is 5.88 Å². The number of H-pyrrole nitrogens is 1. The fourth-order valence-electron chi connectivity index (χ4n) is 2.83. The van der Waals surface area contributed by atoms with Crippen LogP contribution in [0.5, 0.6) is 5.88 Å². The maximum absolute atomic E-state index is 12.4. The van der Waals surface area contributed by atoms with Crippen LogP contribution in [0.3, 0.4) is 0 Å². The van der Waals surface area contributed by atoms with Crippen LogP contribution in [0, 0.1) is 0 Å². The molecule has 0 saturated carbocycles. The van der Waals surface area contributed by atoms with Crippen LogP contribution in [0.25, 0.3) is 0 Å². The average Bonchev–Trinajstić information content (AvgIpc) is 2.60. The molecule has 0 atom stereocenters. The zero-order valence-electron chi connectivity index (χ0n) is 14.8. The van der Waals surface area contributed by atoms with Gasteiger partial charge in [0.15, 0.2) is 6.61 Å². The Bertz CT molecular complexity index is 1040. The van der Waals surface area contributed by atoms with Crippen molar-refractivity contribution in [3.63, 3.8) is 0 Å². The molecule has 1 N–H and O–H groups in total. The average molecular weight is 418 g/mol. The number of rotatable bonds is 5. The molecule has 8 nitrogen and oxygen atoms in total. The second-order valence-corrected chi connectivity index (χ2v) is 8.33. The van der Waals surface area contributed by atoms with Gasteiger partial charge >= 0.3 is 6.18 Å². The number of aromatic amines is 1. The Labute approximate surface area is 158 Å². The first-order valence-electron chi connectivity index (χ1n) is 8.21. The van der Waals surface area contributed by atoms with E-state index in [2.05, 4.69) is 15.0 Å². The van der Waals surface area contributed by atoms with E-state index in [1.807, 2.05) is 4.90 Å². The largest absolute Gasteiger partial charge is 0.468 e. The van der Waals surface area contributed by atoms with Crippen LogP contribution in [0.4, 0.5) is 13.2 Å². The number of pyridine rings is 1. The van der Waals surface area contributed by atoms with Crippen LogP contribution >= 0.6 is 0 Å². The van der Waals surface area contributed by atoms with E-state index >= 15 is 0 Å². The SMILES string of the molecule is CS(=O)(=O)c1nc2c(c(=O)[nH]1)CN(Cc1cccnc1OCC(F)(F)F)CC2. The third-order valence-electron chi connectivity index (χ3n) is 4.09. The molecule has 12 heteroatoms. The number of sulfone groups is 1. The molecule has 0 saturated heterocycles. The second kappa shape index (κ2) is 7.51. The van der Waals surface area contributed by atoms with Gasteiger partial charge in [-0.05, 0) is 6.07 Å². The highest BCUT2D eigenvalue weighted by atomic mass is 32.2. The fourth-order valence-corrected chi connectivity index (χ4v) is 3.39. The predicted molar refractivity (Wildman–Crippen MR) is 91.6 cm³/mol. The Morgan fingerprint density at radius 1 is 1.36 bits per heavy atom. The summed E-state index contributed by atoms with van der Waals surface area (Å²) in [6, 6.07) is 3.18. The van der Waals surface area contributed by atoms with Crippen LogP contribution in [-0.2, 0) is 29.3 Å². The minimum Gasteiger partial charge on any atom is -0.468 e. The van der Waals surface area contributed by atoms with Gasteiger partial charge in [0.05, 0.1) is 11.3 Å². The molecule has 1 aliphatic rings. The monoisotopic (exact) mass is 418 g/mol. The van der Waals surface area contributed by atoms with E-state index < -0.39 is 28.2 Å². The van der Waals surface area contributed by atoms with Crippen molar-refractivity contribution in [2.45, 2.75) is 30.8 Å². The summed E-state index contributed by atoms with van der Waals surface area (Å²) in [5, 5.41) is -0.375. The van der Waals surface area contributed by atoms with Gasteiger partial charge in [0, 0.05) is 44.1 Å². The zero-order chi connectivity index (χ0) is 20.5. The number of aromatic nitrogens is 3. The Morgan fingerprint density at radius 2 is 2.11 bits per heavy atom. The number of nitrogens with one attached hydrogen (secondary N) is 1. The summed E-state index contributed by atoms with van der Waals surface area (Å²) in [5.41, 5.74) is 0.641. The van der Waals surface area contributed by atoms with Crippen LogP contribution in [0.1, 0.15) is 16.8 Å². The molecular formula is C16H17F3N4O4S. The fraction of sp³-hybridized carbons (Fsp3) is 0.438. The van der Waals surface area contributed by atoms with Crippen LogP contribution in [0.2, 0.25) is 0 Å². The van der Waals surface area contributed by atoms with Crippen molar-refractivity contribution in [2.24, 2.45) is 0 Å². The molecule has 28 heavy (non-hydrogen) atoms. The molecule has 0 unspecified atom stereocenters. The highest BCUT2D eigenvalue weighted by molar-refractivity contribution is 7.90. The number of alkyl halides is 3. The van der Waals surface area contributed by atoms with Gasteiger partial charge < -0.3 is 4.74 Å². The van der Waals surface area contributed by atoms with Crippen LogP contribution in [-0.4, -0.2) is 53.9 Å². The summed E-state index contributed by atoms with van der Waals surface area (Å²) in [7, 11) is -3.64. The first-order chi connectivity index (χ1) is 13.0. The predicted octanol–water partition coefficient (Wildman–Crippen LogP) is 1.07. The van der Waals surface area contributed by atoms with Gasteiger partial charge in [-0.2, -0.15) is 13.2 Å². The quantitative estimate of drug-likeness (QED) is 0.724. The van der Waals surface area contributed by atoms with Crippen molar-refractivity contribution in [1.29, 1.82) is 0 Å². The van der Waals surface area contributed by atoms with E-state index in [1.54, 1.807) is 12.1 Å². The molecule has 0 amide bonds. The zero-order valence-corrected chi connectivity index (χ0v) is 15.6. The van der Waals surface area contributed by atoms with Gasteiger partial charge in [0.2, 0.25) is 20.9 Å². The molecule has 0 aliphatic carbocycles. The van der Waals surface area contributed by atoms with Gasteiger partial charge in [0.1, 0.15) is 0 Å². The van der Waals surface area contributed by atoms with Crippen molar-refractivity contribution in [1.82, 2.24) is 19.9 Å². The highest BCUT2D eigenvalue weighted by Crippen LogP contribution is 2.23. The summed E-state index contributed by atoms with van der Waals surface area (Å²) in [6.07, 6.45) is -1.85. The van der Waals surface area contributed by atoms with Crippen LogP contribution < -0.4 is 10.3 Å². The number of hydrogen-bond donors (Lipinski definition) is 1. The van der Waals surface area contributed by atoms with Gasteiger partial charge in [-0.3, -0.25) is 14.7 Å². The van der Waals surface area contributed by atoms with Crippen LogP contribution in [0.15, 0.2) is 28.3 Å². The van der Waals surface area contributed by atoms with E-state index in [4.69, 9.17) is 4.74 Å². The molecule has 3 rings (SSSR count). The molecule has 0 bridgehead atoms. The normalized spacial score (nSPS) is 15.3. The number of ether oxygens (including phenoxy) is 1. The third kappa shape index (κ3) is 4.87. The Hall–Kier alpha value is -2.47. The molecule has 2 aromatic rings. The number of fused-ring (bicyclic) bond motifs is 1. The summed E-state index contributed by atoms with van der Waals surface area (Å²) < 4.78 is 65.2. The second-order valence-electron chi connectivity index (χ2n) is 6.40. The van der Waals surface area contributed by atoms with E-state index in [0.29, 0.717) is 29.8 Å². The number of halogens is 3. The summed E-state index contributed by atoms with van der Waals surface area (Å²) in [6.45, 7) is -0.610. The van der Waals surface area contributed by atoms with Crippen molar-refractivity contribution in [2.75, 3.05) is 19.4 Å². The van der Waals surface area contributed by atoms with E-state index in [9.17, 15) is 26.4 Å². The smallest absolute Gasteiger partial charge is 0.422 e. The maximum atomic E-state index is 12.4. The number of hydrogen-bond acceptors (Lipinski definition) is 7. The lowest BCUT2D eigenvalue weighted by molar-refractivity contribution is -0.154. The van der Waals surface area contributed by atoms with E-state index in [-0.39, 0.29) is 24.1 Å². The summed E-state index contributed by atoms with van der Waals surface area (Å²) in [5.74, 6) is -0.120. The lowest BCUT2D eigenvalue weighted by Crippen LogP contribution is -2.36. The standard InChI is InChI=1S/C16H17F3N4O4S/c1-28(25,26)15-21-12-4-6-23(8-11(12)13(24)22-15)7-10-3-2-5-20-14(10)27-9-16(17,18)19/h2-3,5H,4,6-9H2,1H3,(H,21,22,24). The molecule has 1 aliphatic heterocycles. The van der Waals surface area contributed by atoms with E-state index in [0.717, 1.165) is 6.26 Å². The third-order valence-corrected chi connectivity index (χ3v) is 4.99. The number of nitrogens with zero attached hydrogens (tertiary/aromatic N) is 3. The molecular weight excluding hydrogens is 401 g/mol.